The maximum Gasteiger partial charge on any atom is 0.308 e. The van der Waals surface area contributed by atoms with Gasteiger partial charge in [0.15, 0.2) is 17.3 Å². The van der Waals surface area contributed by atoms with E-state index >= 15 is 0 Å². The third kappa shape index (κ3) is 3.95. The normalized spacial score (nSPS) is 10.2. The average Bonchev–Trinajstić information content (AvgIpc) is 2.58. The molecule has 0 aliphatic rings. The Labute approximate surface area is 159 Å². The molecular formula is C17H14Cl2FN3O3. The molecule has 0 aliphatic heterocycles. The van der Waals surface area contributed by atoms with Gasteiger partial charge in [0.25, 0.3) is 0 Å². The van der Waals surface area contributed by atoms with Crippen LogP contribution in [-0.4, -0.2) is 23.0 Å². The second-order valence-electron chi connectivity index (χ2n) is 5.06. The minimum atomic E-state index is -0.593. The summed E-state index contributed by atoms with van der Waals surface area (Å²) in [7, 11) is 1.45. The molecule has 0 bridgehead atoms. The number of aromatic nitrogens is 2. The molecule has 9 heteroatoms. The summed E-state index contributed by atoms with van der Waals surface area (Å²) in [5, 5.41) is 3.40. The first kappa shape index (κ1) is 19.7. The van der Waals surface area contributed by atoms with E-state index in [4.69, 9.17) is 21.1 Å². The number of carbonyl (C=O) groups is 1. The van der Waals surface area contributed by atoms with Crippen molar-refractivity contribution in [2.24, 2.45) is 0 Å². The third-order valence-corrected chi connectivity index (χ3v) is 3.67. The molecule has 0 amide bonds. The summed E-state index contributed by atoms with van der Waals surface area (Å²) >= 11 is 5.80. The van der Waals surface area contributed by atoms with E-state index in [9.17, 15) is 9.18 Å². The predicted octanol–water partition coefficient (Wildman–Crippen LogP) is 4.52. The Balaban J connectivity index is 0.00000243. The molecule has 0 saturated carbocycles. The molecule has 136 valence electrons. The fraction of sp³-hybridized carbons (Fsp3) is 0.118. The zero-order valence-corrected chi connectivity index (χ0v) is 15.3. The van der Waals surface area contributed by atoms with Crippen molar-refractivity contribution in [1.82, 2.24) is 9.97 Å². The monoisotopic (exact) mass is 397 g/mol. The fourth-order valence-electron chi connectivity index (χ4n) is 2.29. The smallest absolute Gasteiger partial charge is 0.308 e. The van der Waals surface area contributed by atoms with Gasteiger partial charge in [0.2, 0.25) is 0 Å². The number of fused-ring (bicyclic) bond motifs is 1. The summed E-state index contributed by atoms with van der Waals surface area (Å²) in [4.78, 5) is 19.6. The van der Waals surface area contributed by atoms with Crippen molar-refractivity contribution >= 4 is 52.4 Å². The Morgan fingerprint density at radius 2 is 2.00 bits per heavy atom. The number of hydrogen-bond acceptors (Lipinski definition) is 6. The summed E-state index contributed by atoms with van der Waals surface area (Å²) in [5.74, 6) is -0.190. The second kappa shape index (κ2) is 8.16. The van der Waals surface area contributed by atoms with Crippen molar-refractivity contribution in [2.45, 2.75) is 6.92 Å². The Hall–Kier alpha value is -2.64. The Morgan fingerprint density at radius 3 is 2.69 bits per heavy atom. The Bertz CT molecular complexity index is 969. The van der Waals surface area contributed by atoms with Gasteiger partial charge in [-0.1, -0.05) is 17.7 Å². The summed E-state index contributed by atoms with van der Waals surface area (Å²) in [6, 6.07) is 7.76. The lowest BCUT2D eigenvalue weighted by molar-refractivity contribution is -0.132. The van der Waals surface area contributed by atoms with Crippen LogP contribution in [-0.2, 0) is 4.79 Å². The van der Waals surface area contributed by atoms with E-state index in [1.165, 1.54) is 32.5 Å². The number of methoxy groups -OCH3 is 1. The van der Waals surface area contributed by atoms with Gasteiger partial charge in [0, 0.05) is 18.4 Å². The standard InChI is InChI=1S/C17H13ClFN3O3.ClH/c1-9(23)25-15-6-10-13(7-14(15)24-2)20-8-21-17(10)22-12-5-3-4-11(18)16(12)19;/h3-8H,1-2H3,(H,20,21,22);1H. The molecule has 1 heterocycles. The van der Waals surface area contributed by atoms with Crippen LogP contribution < -0.4 is 14.8 Å². The van der Waals surface area contributed by atoms with Crippen LogP contribution in [0.5, 0.6) is 11.5 Å². The van der Waals surface area contributed by atoms with Crippen LogP contribution in [0.2, 0.25) is 5.02 Å². The molecule has 0 radical (unpaired) electrons. The summed E-state index contributed by atoms with van der Waals surface area (Å²) in [5.41, 5.74) is 0.699. The third-order valence-electron chi connectivity index (χ3n) is 3.38. The molecule has 26 heavy (non-hydrogen) atoms. The van der Waals surface area contributed by atoms with Gasteiger partial charge in [0.1, 0.15) is 12.1 Å². The van der Waals surface area contributed by atoms with Crippen molar-refractivity contribution in [3.63, 3.8) is 0 Å². The van der Waals surface area contributed by atoms with Crippen LogP contribution in [0.4, 0.5) is 15.9 Å². The number of halogens is 3. The molecule has 0 atom stereocenters. The van der Waals surface area contributed by atoms with Gasteiger partial charge in [-0.15, -0.1) is 12.4 Å². The number of ether oxygens (including phenoxy) is 2. The maximum atomic E-state index is 14.1. The fourth-order valence-corrected chi connectivity index (χ4v) is 2.46. The summed E-state index contributed by atoms with van der Waals surface area (Å²) < 4.78 is 24.5. The van der Waals surface area contributed by atoms with Crippen LogP contribution in [0.1, 0.15) is 6.92 Å². The van der Waals surface area contributed by atoms with E-state index in [-0.39, 0.29) is 28.9 Å². The average molecular weight is 398 g/mol. The molecule has 1 N–H and O–H groups in total. The van der Waals surface area contributed by atoms with E-state index < -0.39 is 11.8 Å². The number of nitrogens with one attached hydrogen (secondary N) is 1. The summed E-state index contributed by atoms with van der Waals surface area (Å²) in [6.07, 6.45) is 1.33. The van der Waals surface area contributed by atoms with Gasteiger partial charge in [-0.25, -0.2) is 14.4 Å². The van der Waals surface area contributed by atoms with Crippen molar-refractivity contribution in [2.75, 3.05) is 12.4 Å². The van der Waals surface area contributed by atoms with Crippen molar-refractivity contribution in [3.05, 3.63) is 47.5 Å². The van der Waals surface area contributed by atoms with Crippen LogP contribution in [0.3, 0.4) is 0 Å². The van der Waals surface area contributed by atoms with E-state index in [2.05, 4.69) is 15.3 Å². The molecule has 0 aliphatic carbocycles. The van der Waals surface area contributed by atoms with Crippen LogP contribution in [0, 0.1) is 5.82 Å². The molecule has 6 nitrogen and oxygen atoms in total. The van der Waals surface area contributed by atoms with Gasteiger partial charge in [0.05, 0.1) is 23.3 Å². The lowest BCUT2D eigenvalue weighted by Crippen LogP contribution is -2.04. The molecule has 0 saturated heterocycles. The maximum absolute atomic E-state index is 14.1. The lowest BCUT2D eigenvalue weighted by atomic mass is 10.2. The Kier molecular flexibility index (Phi) is 6.18. The van der Waals surface area contributed by atoms with Gasteiger partial charge in [-0.05, 0) is 18.2 Å². The second-order valence-corrected chi connectivity index (χ2v) is 5.47. The van der Waals surface area contributed by atoms with Crippen molar-refractivity contribution in [1.29, 1.82) is 0 Å². The van der Waals surface area contributed by atoms with Gasteiger partial charge >= 0.3 is 5.97 Å². The molecular weight excluding hydrogens is 384 g/mol. The number of hydrogen-bond donors (Lipinski definition) is 1. The molecule has 3 rings (SSSR count). The topological polar surface area (TPSA) is 73.3 Å². The summed E-state index contributed by atoms with van der Waals surface area (Å²) in [6.45, 7) is 1.28. The van der Waals surface area contributed by atoms with Crippen LogP contribution >= 0.6 is 24.0 Å². The van der Waals surface area contributed by atoms with Crippen LogP contribution in [0.15, 0.2) is 36.7 Å². The highest BCUT2D eigenvalue weighted by molar-refractivity contribution is 6.31. The van der Waals surface area contributed by atoms with Crippen LogP contribution in [0.25, 0.3) is 10.9 Å². The van der Waals surface area contributed by atoms with Gasteiger partial charge in [-0.3, -0.25) is 4.79 Å². The Morgan fingerprint density at radius 1 is 1.23 bits per heavy atom. The molecule has 0 fully saturated rings. The van der Waals surface area contributed by atoms with E-state index in [0.29, 0.717) is 22.5 Å². The van der Waals surface area contributed by atoms with Crippen molar-refractivity contribution in [3.8, 4) is 11.5 Å². The number of nitrogens with zero attached hydrogens (tertiary/aromatic N) is 2. The number of anilines is 2. The van der Waals surface area contributed by atoms with Crippen molar-refractivity contribution < 1.29 is 18.7 Å². The highest BCUT2D eigenvalue weighted by Gasteiger charge is 2.14. The molecule has 3 aromatic rings. The SMILES string of the molecule is COc1cc2ncnc(Nc3cccc(Cl)c3F)c2cc1OC(C)=O.Cl. The lowest BCUT2D eigenvalue weighted by Gasteiger charge is -2.13. The molecule has 2 aromatic carbocycles. The minimum Gasteiger partial charge on any atom is -0.493 e. The zero-order valence-electron chi connectivity index (χ0n) is 13.7. The molecule has 1 aromatic heterocycles. The molecule has 0 unspecified atom stereocenters. The van der Waals surface area contributed by atoms with Gasteiger partial charge in [-0.2, -0.15) is 0 Å². The molecule has 0 spiro atoms. The van der Waals surface area contributed by atoms with E-state index in [1.807, 2.05) is 0 Å². The minimum absolute atomic E-state index is 0. The van der Waals surface area contributed by atoms with Gasteiger partial charge < -0.3 is 14.8 Å². The number of esters is 1. The number of carbonyl (C=O) groups excluding carboxylic acids is 1. The quantitative estimate of drug-likeness (QED) is 0.515. The number of benzene rings is 2. The zero-order chi connectivity index (χ0) is 18.0. The first-order valence-electron chi connectivity index (χ1n) is 7.22. The van der Waals surface area contributed by atoms with E-state index in [1.54, 1.807) is 18.2 Å². The first-order valence-corrected chi connectivity index (χ1v) is 7.59. The van der Waals surface area contributed by atoms with E-state index in [0.717, 1.165) is 0 Å². The highest BCUT2D eigenvalue weighted by atomic mass is 35.5. The number of rotatable bonds is 4. The highest BCUT2D eigenvalue weighted by Crippen LogP contribution is 2.35. The largest absolute Gasteiger partial charge is 0.493 e. The predicted molar refractivity (Wildman–Crippen MR) is 99.3 cm³/mol. The first-order chi connectivity index (χ1) is 12.0.